The third kappa shape index (κ3) is 6.01. The third-order valence-electron chi connectivity index (χ3n) is 7.54. The molecule has 2 aromatic carbocycles. The quantitative estimate of drug-likeness (QED) is 0.408. The zero-order valence-electron chi connectivity index (χ0n) is 21.5. The smallest absolute Gasteiger partial charge is 0.373 e. The van der Waals surface area contributed by atoms with Crippen molar-refractivity contribution in [3.8, 4) is 11.5 Å². The van der Waals surface area contributed by atoms with E-state index in [9.17, 15) is 4.79 Å². The molecule has 0 bridgehead atoms. The maximum Gasteiger partial charge on any atom is 0.373 e. The van der Waals surface area contributed by atoms with E-state index in [0.717, 1.165) is 41.9 Å². The van der Waals surface area contributed by atoms with Gasteiger partial charge in [-0.05, 0) is 78.5 Å². The monoisotopic (exact) mass is 478 g/mol. The lowest BCUT2D eigenvalue weighted by Crippen LogP contribution is -2.36. The molecule has 0 amide bonds. The molecule has 35 heavy (non-hydrogen) atoms. The summed E-state index contributed by atoms with van der Waals surface area (Å²) in [6.45, 7) is 6.68. The van der Waals surface area contributed by atoms with Crippen molar-refractivity contribution < 1.29 is 23.7 Å². The van der Waals surface area contributed by atoms with Crippen molar-refractivity contribution in [1.29, 1.82) is 0 Å². The molecule has 5 heteroatoms. The molecule has 1 fully saturated rings. The van der Waals surface area contributed by atoms with Crippen molar-refractivity contribution in [2.24, 2.45) is 17.8 Å². The SMILES string of the molecule is COc1ccc([C@@H]2C=C(C(=O)O[C@@H]3C[C@H](C)CC[C@H]3C(C)C)O[C@H](c3ccc(OC)cc3)C2)cc1. The minimum Gasteiger partial charge on any atom is -0.497 e. The fourth-order valence-electron chi connectivity index (χ4n) is 5.39. The van der Waals surface area contributed by atoms with E-state index in [0.29, 0.717) is 23.5 Å². The van der Waals surface area contributed by atoms with Gasteiger partial charge >= 0.3 is 5.97 Å². The van der Waals surface area contributed by atoms with Gasteiger partial charge < -0.3 is 18.9 Å². The van der Waals surface area contributed by atoms with Gasteiger partial charge in [0.15, 0.2) is 0 Å². The Bertz CT molecular complexity index is 1010. The Morgan fingerprint density at radius 2 is 1.49 bits per heavy atom. The molecule has 1 saturated carbocycles. The lowest BCUT2D eigenvalue weighted by Gasteiger charge is -2.37. The first-order valence-corrected chi connectivity index (χ1v) is 12.7. The second-order valence-electron chi connectivity index (χ2n) is 10.3. The molecule has 188 valence electrons. The number of carbonyl (C=O) groups is 1. The van der Waals surface area contributed by atoms with Gasteiger partial charge in [0.25, 0.3) is 0 Å². The summed E-state index contributed by atoms with van der Waals surface area (Å²) in [6.07, 6.45) is 5.52. The van der Waals surface area contributed by atoms with Gasteiger partial charge in [-0.1, -0.05) is 51.5 Å². The average Bonchev–Trinajstić information content (AvgIpc) is 2.88. The van der Waals surface area contributed by atoms with E-state index in [1.165, 1.54) is 6.42 Å². The number of carbonyl (C=O) groups excluding carboxylic acids is 1. The Hall–Kier alpha value is -2.95. The molecule has 0 radical (unpaired) electrons. The molecule has 2 aliphatic rings. The summed E-state index contributed by atoms with van der Waals surface area (Å²) < 4.78 is 23.1. The van der Waals surface area contributed by atoms with Crippen LogP contribution in [0.3, 0.4) is 0 Å². The van der Waals surface area contributed by atoms with Crippen LogP contribution in [-0.4, -0.2) is 26.3 Å². The van der Waals surface area contributed by atoms with Crippen LogP contribution in [0.15, 0.2) is 60.4 Å². The number of hydrogen-bond acceptors (Lipinski definition) is 5. The van der Waals surface area contributed by atoms with Gasteiger partial charge in [0, 0.05) is 5.92 Å². The average molecular weight is 479 g/mol. The maximum atomic E-state index is 13.4. The summed E-state index contributed by atoms with van der Waals surface area (Å²) >= 11 is 0. The Morgan fingerprint density at radius 3 is 2.06 bits per heavy atom. The highest BCUT2D eigenvalue weighted by Crippen LogP contribution is 2.41. The second-order valence-corrected chi connectivity index (χ2v) is 10.3. The minimum atomic E-state index is -0.355. The maximum absolute atomic E-state index is 13.4. The summed E-state index contributed by atoms with van der Waals surface area (Å²) in [5, 5.41) is 0. The predicted octanol–water partition coefficient (Wildman–Crippen LogP) is 6.84. The van der Waals surface area contributed by atoms with Crippen molar-refractivity contribution in [3.63, 3.8) is 0 Å². The van der Waals surface area contributed by atoms with Gasteiger partial charge in [-0.15, -0.1) is 0 Å². The van der Waals surface area contributed by atoms with Gasteiger partial charge in [0.1, 0.15) is 23.7 Å². The lowest BCUT2D eigenvalue weighted by atomic mass is 9.75. The minimum absolute atomic E-state index is 0.0236. The molecule has 5 atom stereocenters. The summed E-state index contributed by atoms with van der Waals surface area (Å²) in [4.78, 5) is 13.4. The van der Waals surface area contributed by atoms with E-state index in [-0.39, 0.29) is 24.1 Å². The standard InChI is InChI=1S/C30H38O5/c1-19(2)26-15-6-20(3)16-28(26)35-30(31)29-18-23(21-7-11-24(32-4)12-8-21)17-27(34-29)22-9-13-25(33-5)14-10-22/h7-14,18-20,23,26-28H,6,15-17H2,1-5H3/t20-,23+,26+,27+,28-/m1/s1. The van der Waals surface area contributed by atoms with E-state index in [1.807, 2.05) is 42.5 Å². The highest BCUT2D eigenvalue weighted by atomic mass is 16.6. The van der Waals surface area contributed by atoms with E-state index in [1.54, 1.807) is 14.2 Å². The Labute approximate surface area is 209 Å². The molecule has 1 aliphatic heterocycles. The molecule has 0 spiro atoms. The molecular formula is C30H38O5. The normalized spacial score (nSPS) is 26.5. The van der Waals surface area contributed by atoms with E-state index in [2.05, 4.69) is 32.9 Å². The number of ether oxygens (including phenoxy) is 4. The highest BCUT2D eigenvalue weighted by Gasteiger charge is 2.36. The number of esters is 1. The summed E-state index contributed by atoms with van der Waals surface area (Å²) in [5.41, 5.74) is 2.12. The largest absolute Gasteiger partial charge is 0.497 e. The second kappa shape index (κ2) is 11.2. The van der Waals surface area contributed by atoms with Crippen LogP contribution in [0.1, 0.15) is 69.6 Å². The Kier molecular flexibility index (Phi) is 8.04. The highest BCUT2D eigenvalue weighted by molar-refractivity contribution is 5.87. The summed E-state index contributed by atoms with van der Waals surface area (Å²) in [7, 11) is 3.31. The Morgan fingerprint density at radius 1 is 0.886 bits per heavy atom. The van der Waals surface area contributed by atoms with E-state index < -0.39 is 0 Å². The van der Waals surface area contributed by atoms with Crippen molar-refractivity contribution in [2.75, 3.05) is 14.2 Å². The number of allylic oxidation sites excluding steroid dienone is 1. The molecule has 0 aromatic heterocycles. The molecule has 1 aliphatic carbocycles. The molecule has 4 rings (SSSR count). The molecule has 0 N–H and O–H groups in total. The van der Waals surface area contributed by atoms with Gasteiger partial charge in [-0.2, -0.15) is 0 Å². The topological polar surface area (TPSA) is 54.0 Å². The number of methoxy groups -OCH3 is 2. The van der Waals surface area contributed by atoms with Gasteiger partial charge in [-0.3, -0.25) is 0 Å². The van der Waals surface area contributed by atoms with Crippen LogP contribution >= 0.6 is 0 Å². The Balaban J connectivity index is 1.60. The molecule has 2 aromatic rings. The fourth-order valence-corrected chi connectivity index (χ4v) is 5.39. The van der Waals surface area contributed by atoms with E-state index >= 15 is 0 Å². The van der Waals surface area contributed by atoms with Crippen LogP contribution < -0.4 is 9.47 Å². The lowest BCUT2D eigenvalue weighted by molar-refractivity contribution is -0.157. The van der Waals surface area contributed by atoms with Crippen molar-refractivity contribution in [1.82, 2.24) is 0 Å². The molecule has 0 unspecified atom stereocenters. The van der Waals surface area contributed by atoms with Crippen LogP contribution in [-0.2, 0) is 14.3 Å². The first-order chi connectivity index (χ1) is 16.9. The zero-order chi connectivity index (χ0) is 24.9. The number of benzene rings is 2. The van der Waals surface area contributed by atoms with Crippen LogP contribution in [0.25, 0.3) is 0 Å². The van der Waals surface area contributed by atoms with Crippen LogP contribution in [0.4, 0.5) is 0 Å². The molecule has 0 saturated heterocycles. The molecular weight excluding hydrogens is 440 g/mol. The van der Waals surface area contributed by atoms with Gasteiger partial charge in [-0.25, -0.2) is 4.79 Å². The summed E-state index contributed by atoms with van der Waals surface area (Å²) in [6, 6.07) is 15.9. The number of hydrogen-bond donors (Lipinski definition) is 0. The van der Waals surface area contributed by atoms with Crippen LogP contribution in [0.2, 0.25) is 0 Å². The predicted molar refractivity (Wildman–Crippen MR) is 136 cm³/mol. The first kappa shape index (κ1) is 25.2. The van der Waals surface area contributed by atoms with E-state index in [4.69, 9.17) is 18.9 Å². The van der Waals surface area contributed by atoms with Crippen molar-refractivity contribution in [3.05, 3.63) is 71.5 Å². The fraction of sp³-hybridized carbons (Fsp3) is 0.500. The first-order valence-electron chi connectivity index (χ1n) is 12.7. The number of rotatable bonds is 7. The van der Waals surface area contributed by atoms with Gasteiger partial charge in [0.2, 0.25) is 5.76 Å². The third-order valence-corrected chi connectivity index (χ3v) is 7.54. The van der Waals surface area contributed by atoms with Crippen molar-refractivity contribution >= 4 is 5.97 Å². The zero-order valence-corrected chi connectivity index (χ0v) is 21.5. The summed E-state index contributed by atoms with van der Waals surface area (Å²) in [5.74, 6) is 2.98. The van der Waals surface area contributed by atoms with Crippen molar-refractivity contribution in [2.45, 2.75) is 64.6 Å². The van der Waals surface area contributed by atoms with Crippen LogP contribution in [0.5, 0.6) is 11.5 Å². The molecule has 1 heterocycles. The van der Waals surface area contributed by atoms with Crippen LogP contribution in [0, 0.1) is 17.8 Å². The van der Waals surface area contributed by atoms with Gasteiger partial charge in [0.05, 0.1) is 14.2 Å². The molecule has 5 nitrogen and oxygen atoms in total.